The van der Waals surface area contributed by atoms with Crippen LogP contribution in [-0.4, -0.2) is 53.2 Å². The van der Waals surface area contributed by atoms with Gasteiger partial charge in [-0.2, -0.15) is 0 Å². The van der Waals surface area contributed by atoms with Gasteiger partial charge in [-0.05, 0) is 136 Å². The van der Waals surface area contributed by atoms with Crippen LogP contribution in [0.4, 0.5) is 0 Å². The van der Waals surface area contributed by atoms with Gasteiger partial charge in [0.05, 0.1) is 17.9 Å². The van der Waals surface area contributed by atoms with Crippen LogP contribution in [0.15, 0.2) is 11.1 Å². The van der Waals surface area contributed by atoms with Gasteiger partial charge in [-0.3, -0.25) is 14.4 Å². The van der Waals surface area contributed by atoms with Crippen molar-refractivity contribution in [3.8, 4) is 0 Å². The number of carbonyl (C=O) groups is 3. The number of carbonyl (C=O) groups excluding carboxylic acids is 2. The maximum atomic E-state index is 13.9. The van der Waals surface area contributed by atoms with Gasteiger partial charge in [0.15, 0.2) is 5.78 Å². The van der Waals surface area contributed by atoms with Crippen molar-refractivity contribution in [2.75, 3.05) is 13.1 Å². The first-order valence-corrected chi connectivity index (χ1v) is 19.3. The maximum Gasteiger partial charge on any atom is 0.309 e. The Kier molecular flexibility index (Phi) is 8.96. The number of rotatable bonds is 10. The third-order valence-electron chi connectivity index (χ3n) is 16.0. The number of ketones is 1. The molecular formula is C41H65NO6. The number of hydrogen-bond acceptors (Lipinski definition) is 6. The van der Waals surface area contributed by atoms with E-state index in [-0.39, 0.29) is 45.9 Å². The van der Waals surface area contributed by atoms with Crippen LogP contribution in [0.3, 0.4) is 0 Å². The van der Waals surface area contributed by atoms with Crippen LogP contribution >= 0.6 is 0 Å². The highest BCUT2D eigenvalue weighted by Crippen LogP contribution is 2.77. The van der Waals surface area contributed by atoms with Gasteiger partial charge in [-0.15, -0.1) is 0 Å². The van der Waals surface area contributed by atoms with Gasteiger partial charge in [-0.25, -0.2) is 0 Å². The summed E-state index contributed by atoms with van der Waals surface area (Å²) < 4.78 is 6.15. The van der Waals surface area contributed by atoms with Crippen LogP contribution in [0, 0.1) is 62.1 Å². The number of carboxylic acid groups (broad SMARTS) is 1. The summed E-state index contributed by atoms with van der Waals surface area (Å²) >= 11 is 0. The SMILES string of the molecule is CC(C)C1=C2[C@H]3CC[C@@H]4[C@@]5(C)CC[C@H](OC(=O)CC(C)(C)C(=O)O)C(C)(C)C5CC[C@@]4(C)[C@]3(C)CC[C@@]2([C@H](O)CNCC2CC2)CC1=O. The molecule has 270 valence electrons. The number of esters is 1. The molecule has 1 unspecified atom stereocenters. The molecule has 0 aromatic carbocycles. The van der Waals surface area contributed by atoms with Gasteiger partial charge in [-0.1, -0.05) is 54.0 Å². The van der Waals surface area contributed by atoms with Gasteiger partial charge in [0.1, 0.15) is 6.10 Å². The van der Waals surface area contributed by atoms with Crippen molar-refractivity contribution < 1.29 is 29.3 Å². The molecule has 5 fully saturated rings. The molecule has 0 radical (unpaired) electrons. The molecule has 0 aromatic rings. The Morgan fingerprint density at radius 1 is 0.917 bits per heavy atom. The molecule has 5 saturated carbocycles. The van der Waals surface area contributed by atoms with E-state index in [1.807, 2.05) is 0 Å². The first-order valence-electron chi connectivity index (χ1n) is 19.3. The van der Waals surface area contributed by atoms with Crippen molar-refractivity contribution in [1.82, 2.24) is 5.32 Å². The van der Waals surface area contributed by atoms with E-state index in [2.05, 4.69) is 53.8 Å². The van der Waals surface area contributed by atoms with Gasteiger partial charge in [0.2, 0.25) is 0 Å². The summed E-state index contributed by atoms with van der Waals surface area (Å²) in [5.74, 6) is 0.998. The first-order chi connectivity index (χ1) is 22.2. The predicted molar refractivity (Wildman–Crippen MR) is 187 cm³/mol. The molecule has 0 heterocycles. The number of hydrogen-bond donors (Lipinski definition) is 3. The highest BCUT2D eigenvalue weighted by Gasteiger charge is 2.70. The summed E-state index contributed by atoms with van der Waals surface area (Å²) in [7, 11) is 0. The molecule has 0 bridgehead atoms. The average molecular weight is 668 g/mol. The summed E-state index contributed by atoms with van der Waals surface area (Å²) in [5, 5.41) is 25.1. The van der Waals surface area contributed by atoms with E-state index in [9.17, 15) is 24.6 Å². The lowest BCUT2D eigenvalue weighted by molar-refractivity contribution is -0.235. The van der Waals surface area contributed by atoms with Crippen LogP contribution in [-0.2, 0) is 19.1 Å². The van der Waals surface area contributed by atoms with E-state index in [1.54, 1.807) is 13.8 Å². The number of aliphatic carboxylic acids is 1. The fraction of sp³-hybridized carbons (Fsp3) is 0.878. The molecule has 7 heteroatoms. The van der Waals surface area contributed by atoms with Crippen LogP contribution in [0.5, 0.6) is 0 Å². The molecule has 0 spiro atoms. The minimum Gasteiger partial charge on any atom is -0.481 e. The Morgan fingerprint density at radius 3 is 2.23 bits per heavy atom. The van der Waals surface area contributed by atoms with E-state index >= 15 is 0 Å². The predicted octanol–water partition coefficient (Wildman–Crippen LogP) is 7.74. The molecule has 6 aliphatic carbocycles. The molecule has 0 amide bonds. The number of fused-ring (bicyclic) bond motifs is 7. The van der Waals surface area contributed by atoms with Crippen molar-refractivity contribution in [2.24, 2.45) is 62.1 Å². The third kappa shape index (κ3) is 5.37. The van der Waals surface area contributed by atoms with E-state index in [1.165, 1.54) is 18.4 Å². The van der Waals surface area contributed by atoms with Crippen molar-refractivity contribution in [1.29, 1.82) is 0 Å². The Morgan fingerprint density at radius 2 is 1.60 bits per heavy atom. The molecule has 6 rings (SSSR count). The molecule has 7 nitrogen and oxygen atoms in total. The lowest BCUT2D eigenvalue weighted by atomic mass is 9.33. The molecule has 48 heavy (non-hydrogen) atoms. The smallest absolute Gasteiger partial charge is 0.309 e. The average Bonchev–Trinajstić information content (AvgIpc) is 3.74. The minimum absolute atomic E-state index is 0.0323. The largest absolute Gasteiger partial charge is 0.481 e. The van der Waals surface area contributed by atoms with E-state index in [0.717, 1.165) is 69.4 Å². The summed E-state index contributed by atoms with van der Waals surface area (Å²) in [4.78, 5) is 38.7. The number of nitrogens with one attached hydrogen (secondary N) is 1. The lowest BCUT2D eigenvalue weighted by Crippen LogP contribution is -2.66. The molecule has 0 aromatic heterocycles. The van der Waals surface area contributed by atoms with Crippen LogP contribution < -0.4 is 5.32 Å². The fourth-order valence-corrected chi connectivity index (χ4v) is 12.9. The second-order valence-electron chi connectivity index (χ2n) is 19.7. The Hall–Kier alpha value is -1.73. The second kappa shape index (κ2) is 11.9. The summed E-state index contributed by atoms with van der Waals surface area (Å²) in [6.07, 6.45) is 10.2. The number of aliphatic hydroxyl groups excluding tert-OH is 1. The maximum absolute atomic E-state index is 13.9. The van der Waals surface area contributed by atoms with Gasteiger partial charge in [0.25, 0.3) is 0 Å². The fourth-order valence-electron chi connectivity index (χ4n) is 12.9. The zero-order chi connectivity index (χ0) is 35.2. The molecule has 0 saturated heterocycles. The minimum atomic E-state index is -1.15. The normalized spacial score (nSPS) is 41.3. The topological polar surface area (TPSA) is 113 Å². The van der Waals surface area contributed by atoms with Gasteiger partial charge in [0, 0.05) is 23.8 Å². The highest BCUT2D eigenvalue weighted by molar-refractivity contribution is 6.00. The zero-order valence-corrected chi connectivity index (χ0v) is 31.5. The van der Waals surface area contributed by atoms with Crippen molar-refractivity contribution in [3.63, 3.8) is 0 Å². The van der Waals surface area contributed by atoms with Crippen molar-refractivity contribution in [3.05, 3.63) is 11.1 Å². The van der Waals surface area contributed by atoms with Crippen LogP contribution in [0.1, 0.15) is 139 Å². The Balaban J connectivity index is 1.27. The van der Waals surface area contributed by atoms with Crippen molar-refractivity contribution >= 4 is 17.7 Å². The lowest BCUT2D eigenvalue weighted by Gasteiger charge is -2.72. The monoisotopic (exact) mass is 667 g/mol. The molecule has 0 aliphatic heterocycles. The van der Waals surface area contributed by atoms with Crippen LogP contribution in [0.25, 0.3) is 0 Å². The molecule has 6 aliphatic rings. The quantitative estimate of drug-likeness (QED) is 0.204. The molecule has 9 atom stereocenters. The van der Waals surface area contributed by atoms with Gasteiger partial charge < -0.3 is 20.3 Å². The standard InChI is InChI=1S/C41H65NO6/c1-24(2)33-27(43)20-41(30(44)23-42-22-25-10-11-25)19-18-39(8)26(34(33)41)12-13-29-38(7)16-15-31(48-32(45)21-36(3,4)35(46)47)37(5,6)28(38)14-17-40(29,39)9/h24-26,28-31,42,44H,10-23H2,1-9H3,(H,46,47)/t26-,28?,29-,30-,31+,38+,39-,40-,41+/m1/s1. The second-order valence-corrected chi connectivity index (χ2v) is 19.7. The highest BCUT2D eigenvalue weighted by atomic mass is 16.5. The summed E-state index contributed by atoms with van der Waals surface area (Å²) in [5.41, 5.74) is 0.766. The van der Waals surface area contributed by atoms with Crippen LogP contribution in [0.2, 0.25) is 0 Å². The number of ether oxygens (including phenoxy) is 1. The van der Waals surface area contributed by atoms with E-state index < -0.39 is 28.9 Å². The molecule has 3 N–H and O–H groups in total. The number of allylic oxidation sites excluding steroid dienone is 1. The number of Topliss-reactive ketones (excluding diaryl/α,β-unsaturated/α-hetero) is 1. The van der Waals surface area contributed by atoms with Crippen molar-refractivity contribution in [2.45, 2.75) is 152 Å². The summed E-state index contributed by atoms with van der Waals surface area (Å²) in [6, 6.07) is 0. The van der Waals surface area contributed by atoms with E-state index in [0.29, 0.717) is 30.7 Å². The summed E-state index contributed by atoms with van der Waals surface area (Å²) in [6.45, 7) is 21.3. The third-order valence-corrected chi connectivity index (χ3v) is 16.0. The van der Waals surface area contributed by atoms with E-state index in [4.69, 9.17) is 4.74 Å². The Bertz CT molecular complexity index is 1360. The Labute approximate surface area is 289 Å². The zero-order valence-electron chi connectivity index (χ0n) is 31.5. The number of carboxylic acids is 1. The van der Waals surface area contributed by atoms with Gasteiger partial charge >= 0.3 is 11.9 Å². The molecular weight excluding hydrogens is 602 g/mol. The number of aliphatic hydroxyl groups is 1. The first kappa shape index (κ1) is 36.1.